The highest BCUT2D eigenvalue weighted by Gasteiger charge is 2.11. The first-order chi connectivity index (χ1) is 10.2. The summed E-state index contributed by atoms with van der Waals surface area (Å²) in [5, 5.41) is 0.906. The lowest BCUT2D eigenvalue weighted by Gasteiger charge is -1.96. The van der Waals surface area contributed by atoms with E-state index in [1.165, 1.54) is 18.2 Å². The number of benzene rings is 2. The van der Waals surface area contributed by atoms with Crippen LogP contribution in [0, 0.1) is 5.82 Å². The van der Waals surface area contributed by atoms with Gasteiger partial charge in [-0.3, -0.25) is 4.79 Å². The smallest absolute Gasteiger partial charge is 0.188 e. The molecule has 1 aromatic heterocycles. The molecule has 1 heterocycles. The second-order valence-electron chi connectivity index (χ2n) is 4.89. The SMILES string of the molecule is Cn1cc(C(=O)/C=C/c2ccccc2F)c2ccccc21. The summed E-state index contributed by atoms with van der Waals surface area (Å²) in [6, 6.07) is 14.1. The number of ketones is 1. The summed E-state index contributed by atoms with van der Waals surface area (Å²) in [7, 11) is 1.90. The maximum atomic E-state index is 13.5. The fourth-order valence-electron chi connectivity index (χ4n) is 2.40. The van der Waals surface area contributed by atoms with Gasteiger partial charge in [0.05, 0.1) is 0 Å². The molecular formula is C18H14FNO. The number of hydrogen-bond acceptors (Lipinski definition) is 1. The van der Waals surface area contributed by atoms with E-state index in [9.17, 15) is 9.18 Å². The maximum Gasteiger partial charge on any atom is 0.188 e. The van der Waals surface area contributed by atoms with E-state index in [2.05, 4.69) is 0 Å². The van der Waals surface area contributed by atoms with Gasteiger partial charge in [0.1, 0.15) is 5.82 Å². The molecule has 0 aliphatic rings. The highest BCUT2D eigenvalue weighted by atomic mass is 19.1. The van der Waals surface area contributed by atoms with Crippen molar-refractivity contribution in [3.05, 3.63) is 77.7 Å². The molecule has 0 unspecified atom stereocenters. The molecule has 3 heteroatoms. The average Bonchev–Trinajstić information content (AvgIpc) is 2.84. The minimum Gasteiger partial charge on any atom is -0.350 e. The molecule has 3 aromatic rings. The Morgan fingerprint density at radius 1 is 1.10 bits per heavy atom. The minimum atomic E-state index is -0.334. The molecule has 0 atom stereocenters. The molecule has 0 N–H and O–H groups in total. The van der Waals surface area contributed by atoms with Gasteiger partial charge in [0, 0.05) is 35.3 Å². The van der Waals surface area contributed by atoms with E-state index >= 15 is 0 Å². The van der Waals surface area contributed by atoms with E-state index in [1.807, 2.05) is 35.9 Å². The number of carbonyl (C=O) groups is 1. The highest BCUT2D eigenvalue weighted by Crippen LogP contribution is 2.21. The topological polar surface area (TPSA) is 22.0 Å². The number of halogens is 1. The molecule has 3 rings (SSSR count). The van der Waals surface area contributed by atoms with E-state index in [0.717, 1.165) is 10.9 Å². The van der Waals surface area contributed by atoms with Crippen LogP contribution in [0.25, 0.3) is 17.0 Å². The Morgan fingerprint density at radius 2 is 1.81 bits per heavy atom. The van der Waals surface area contributed by atoms with Gasteiger partial charge in [-0.2, -0.15) is 0 Å². The molecule has 0 radical (unpaired) electrons. The molecule has 21 heavy (non-hydrogen) atoms. The van der Waals surface area contributed by atoms with Gasteiger partial charge in [0.25, 0.3) is 0 Å². The molecule has 0 amide bonds. The first-order valence-corrected chi connectivity index (χ1v) is 6.68. The van der Waals surface area contributed by atoms with Gasteiger partial charge in [0.15, 0.2) is 5.78 Å². The predicted molar refractivity (Wildman–Crippen MR) is 82.7 cm³/mol. The van der Waals surface area contributed by atoms with Gasteiger partial charge < -0.3 is 4.57 Å². The van der Waals surface area contributed by atoms with Crippen molar-refractivity contribution >= 4 is 22.8 Å². The quantitative estimate of drug-likeness (QED) is 0.520. The van der Waals surface area contributed by atoms with Gasteiger partial charge >= 0.3 is 0 Å². The Hall–Kier alpha value is -2.68. The van der Waals surface area contributed by atoms with Crippen LogP contribution in [0.1, 0.15) is 15.9 Å². The number of nitrogens with zero attached hydrogens (tertiary/aromatic N) is 1. The van der Waals surface area contributed by atoms with Crippen molar-refractivity contribution in [1.29, 1.82) is 0 Å². The molecule has 0 aliphatic carbocycles. The molecule has 0 saturated heterocycles. The maximum absolute atomic E-state index is 13.5. The lowest BCUT2D eigenvalue weighted by Crippen LogP contribution is -1.93. The van der Waals surface area contributed by atoms with Crippen molar-refractivity contribution < 1.29 is 9.18 Å². The van der Waals surface area contributed by atoms with Crippen LogP contribution < -0.4 is 0 Å². The summed E-state index contributed by atoms with van der Waals surface area (Å²) in [4.78, 5) is 12.3. The van der Waals surface area contributed by atoms with Gasteiger partial charge in [-0.05, 0) is 24.3 Å². The van der Waals surface area contributed by atoms with Crippen LogP contribution in [0.2, 0.25) is 0 Å². The van der Waals surface area contributed by atoms with Crippen molar-refractivity contribution in [2.24, 2.45) is 7.05 Å². The molecule has 2 nitrogen and oxygen atoms in total. The van der Waals surface area contributed by atoms with Crippen LogP contribution in [0.3, 0.4) is 0 Å². The minimum absolute atomic E-state index is 0.130. The Kier molecular flexibility index (Phi) is 3.40. The number of rotatable bonds is 3. The highest BCUT2D eigenvalue weighted by molar-refractivity contribution is 6.14. The first-order valence-electron chi connectivity index (χ1n) is 6.68. The summed E-state index contributed by atoms with van der Waals surface area (Å²) in [6.45, 7) is 0. The lowest BCUT2D eigenvalue weighted by atomic mass is 10.1. The molecular weight excluding hydrogens is 265 g/mol. The predicted octanol–water partition coefficient (Wildman–Crippen LogP) is 4.21. The number of allylic oxidation sites excluding steroid dienone is 1. The number of aryl methyl sites for hydroxylation is 1. The van der Waals surface area contributed by atoms with Crippen LogP contribution in [0.5, 0.6) is 0 Å². The van der Waals surface area contributed by atoms with Crippen LogP contribution in [0.4, 0.5) is 4.39 Å². The van der Waals surface area contributed by atoms with Crippen LogP contribution >= 0.6 is 0 Å². The second kappa shape index (κ2) is 5.37. The summed E-state index contributed by atoms with van der Waals surface area (Å²) in [5.41, 5.74) is 2.03. The van der Waals surface area contributed by atoms with E-state index < -0.39 is 0 Å². The van der Waals surface area contributed by atoms with Gasteiger partial charge in [-0.1, -0.05) is 36.4 Å². The third-order valence-corrected chi connectivity index (χ3v) is 3.48. The molecule has 0 saturated carbocycles. The zero-order chi connectivity index (χ0) is 14.8. The van der Waals surface area contributed by atoms with E-state index in [-0.39, 0.29) is 11.6 Å². The molecule has 0 fully saturated rings. The summed E-state index contributed by atoms with van der Waals surface area (Å²) in [6.07, 6.45) is 4.73. The van der Waals surface area contributed by atoms with Crippen molar-refractivity contribution in [1.82, 2.24) is 4.57 Å². The van der Waals surface area contributed by atoms with Crippen LogP contribution in [-0.4, -0.2) is 10.4 Å². The second-order valence-corrected chi connectivity index (χ2v) is 4.89. The van der Waals surface area contributed by atoms with E-state index in [0.29, 0.717) is 11.1 Å². The first kappa shape index (κ1) is 13.3. The largest absolute Gasteiger partial charge is 0.350 e. The third kappa shape index (κ3) is 2.50. The summed E-state index contributed by atoms with van der Waals surface area (Å²) in [5.74, 6) is -0.463. The van der Waals surface area contributed by atoms with Gasteiger partial charge in [-0.15, -0.1) is 0 Å². The Morgan fingerprint density at radius 3 is 2.62 bits per heavy atom. The standard InChI is InChI=1S/C18H14FNO/c1-20-12-15(14-7-3-5-9-17(14)20)18(21)11-10-13-6-2-4-8-16(13)19/h2-12H,1H3/b11-10+. The third-order valence-electron chi connectivity index (χ3n) is 3.48. The van der Waals surface area contributed by atoms with Gasteiger partial charge in [0.2, 0.25) is 0 Å². The van der Waals surface area contributed by atoms with Gasteiger partial charge in [-0.25, -0.2) is 4.39 Å². The molecule has 104 valence electrons. The van der Waals surface area contributed by atoms with Crippen molar-refractivity contribution in [2.45, 2.75) is 0 Å². The molecule has 0 aliphatic heterocycles. The zero-order valence-electron chi connectivity index (χ0n) is 11.6. The normalized spacial score (nSPS) is 11.3. The molecule has 0 bridgehead atoms. The number of para-hydroxylation sites is 1. The summed E-state index contributed by atoms with van der Waals surface area (Å²) >= 11 is 0. The number of hydrogen-bond donors (Lipinski definition) is 0. The van der Waals surface area contributed by atoms with Crippen molar-refractivity contribution in [3.63, 3.8) is 0 Å². The monoisotopic (exact) mass is 279 g/mol. The fourth-order valence-corrected chi connectivity index (χ4v) is 2.40. The molecule has 2 aromatic carbocycles. The lowest BCUT2D eigenvalue weighted by molar-refractivity contribution is 0.104. The van der Waals surface area contributed by atoms with Crippen LogP contribution in [-0.2, 0) is 7.05 Å². The Balaban J connectivity index is 1.97. The number of carbonyl (C=O) groups excluding carboxylic acids is 1. The fraction of sp³-hybridized carbons (Fsp3) is 0.0556. The van der Waals surface area contributed by atoms with Crippen LogP contribution in [0.15, 0.2) is 60.8 Å². The Bertz CT molecular complexity index is 845. The summed E-state index contributed by atoms with van der Waals surface area (Å²) < 4.78 is 15.4. The zero-order valence-corrected chi connectivity index (χ0v) is 11.6. The van der Waals surface area contributed by atoms with Crippen molar-refractivity contribution in [2.75, 3.05) is 0 Å². The van der Waals surface area contributed by atoms with E-state index in [4.69, 9.17) is 0 Å². The van der Waals surface area contributed by atoms with Crippen molar-refractivity contribution in [3.8, 4) is 0 Å². The number of fused-ring (bicyclic) bond motifs is 1. The van der Waals surface area contributed by atoms with E-state index in [1.54, 1.807) is 24.4 Å². The Labute approximate surface area is 122 Å². The number of aromatic nitrogens is 1. The average molecular weight is 279 g/mol. The molecule has 0 spiro atoms.